The minimum atomic E-state index is -0.291. The Morgan fingerprint density at radius 3 is 2.50 bits per heavy atom. The molecule has 1 heterocycles. The predicted molar refractivity (Wildman–Crippen MR) is 52.2 cm³/mol. The zero-order valence-corrected chi connectivity index (χ0v) is 7.71. The minimum absolute atomic E-state index is 0.228. The number of nitrogens with zero attached hydrogens (tertiary/aromatic N) is 3. The van der Waals surface area contributed by atoms with Crippen LogP contribution in [0.15, 0.2) is 39.5 Å². The number of rotatable bonds is 2. The zero-order valence-electron chi connectivity index (χ0n) is 7.71. The summed E-state index contributed by atoms with van der Waals surface area (Å²) in [6.07, 6.45) is -0.291. The quantitative estimate of drug-likeness (QED) is 0.767. The summed E-state index contributed by atoms with van der Waals surface area (Å²) in [5.74, 6) is 1.03. The van der Waals surface area contributed by atoms with Crippen LogP contribution in [0.2, 0.25) is 0 Å². The summed E-state index contributed by atoms with van der Waals surface area (Å²) in [6.45, 7) is 0. The second-order valence-electron chi connectivity index (χ2n) is 2.85. The molecule has 0 saturated heterocycles. The number of nitrogens with two attached hydrogens (primary N) is 1. The van der Waals surface area contributed by atoms with E-state index >= 15 is 0 Å². The standard InChI is InChI=1S/C9H10N4O/c1-14-7-4-2-6(3-5-7)8-11-9(10)13-12-8/h2-5,8H,1H3,(H2,10,11). The molecule has 0 aromatic heterocycles. The van der Waals surface area contributed by atoms with Gasteiger partial charge in [-0.1, -0.05) is 12.1 Å². The van der Waals surface area contributed by atoms with Crippen LogP contribution in [0.25, 0.3) is 0 Å². The normalized spacial score (nSPS) is 19.5. The van der Waals surface area contributed by atoms with Gasteiger partial charge >= 0.3 is 0 Å². The molecule has 2 rings (SSSR count). The Balaban J connectivity index is 2.22. The van der Waals surface area contributed by atoms with Crippen molar-refractivity contribution < 1.29 is 4.74 Å². The molecule has 0 saturated carbocycles. The Bertz CT molecular complexity index is 382. The van der Waals surface area contributed by atoms with E-state index in [-0.39, 0.29) is 12.1 Å². The highest BCUT2D eigenvalue weighted by atomic mass is 16.5. The molecular formula is C9H10N4O. The Morgan fingerprint density at radius 1 is 1.29 bits per heavy atom. The van der Waals surface area contributed by atoms with Crippen LogP contribution in [0.3, 0.4) is 0 Å². The summed E-state index contributed by atoms with van der Waals surface area (Å²) < 4.78 is 5.04. The molecule has 0 fully saturated rings. The fraction of sp³-hybridized carbons (Fsp3) is 0.222. The van der Waals surface area contributed by atoms with E-state index in [1.165, 1.54) is 0 Å². The average Bonchev–Trinajstić information content (AvgIpc) is 2.65. The molecule has 1 atom stereocenters. The van der Waals surface area contributed by atoms with Gasteiger partial charge in [-0.05, 0) is 12.1 Å². The monoisotopic (exact) mass is 190 g/mol. The van der Waals surface area contributed by atoms with E-state index < -0.39 is 0 Å². The van der Waals surface area contributed by atoms with Crippen LogP contribution in [-0.4, -0.2) is 13.1 Å². The molecule has 1 aliphatic heterocycles. The highest BCUT2D eigenvalue weighted by Gasteiger charge is 2.13. The van der Waals surface area contributed by atoms with E-state index in [0.717, 1.165) is 11.3 Å². The Kier molecular flexibility index (Phi) is 2.14. The predicted octanol–water partition coefficient (Wildman–Crippen LogP) is 1.47. The van der Waals surface area contributed by atoms with E-state index in [1.54, 1.807) is 7.11 Å². The number of ether oxygens (including phenoxy) is 1. The number of benzene rings is 1. The molecule has 72 valence electrons. The summed E-state index contributed by atoms with van der Waals surface area (Å²) in [7, 11) is 1.63. The summed E-state index contributed by atoms with van der Waals surface area (Å²) in [6, 6.07) is 7.50. The molecule has 2 N–H and O–H groups in total. The number of guanidine groups is 1. The lowest BCUT2D eigenvalue weighted by molar-refractivity contribution is 0.414. The average molecular weight is 190 g/mol. The minimum Gasteiger partial charge on any atom is -0.497 e. The lowest BCUT2D eigenvalue weighted by atomic mass is 10.2. The molecule has 0 amide bonds. The van der Waals surface area contributed by atoms with Crippen molar-refractivity contribution in [3.63, 3.8) is 0 Å². The van der Waals surface area contributed by atoms with Gasteiger partial charge in [0.05, 0.1) is 7.11 Å². The summed E-state index contributed by atoms with van der Waals surface area (Å²) in [5.41, 5.74) is 6.34. The molecule has 0 bridgehead atoms. The first kappa shape index (κ1) is 8.68. The molecule has 5 nitrogen and oxygen atoms in total. The second-order valence-corrected chi connectivity index (χ2v) is 2.85. The van der Waals surface area contributed by atoms with Crippen LogP contribution in [0.4, 0.5) is 0 Å². The first-order valence-electron chi connectivity index (χ1n) is 4.17. The van der Waals surface area contributed by atoms with Crippen LogP contribution in [-0.2, 0) is 0 Å². The summed E-state index contributed by atoms with van der Waals surface area (Å²) in [4.78, 5) is 4.03. The molecule has 1 aromatic carbocycles. The molecular weight excluding hydrogens is 180 g/mol. The van der Waals surface area contributed by atoms with Gasteiger partial charge in [0.1, 0.15) is 5.75 Å². The van der Waals surface area contributed by atoms with Gasteiger partial charge in [0.25, 0.3) is 0 Å². The maximum atomic E-state index is 5.38. The van der Waals surface area contributed by atoms with Crippen molar-refractivity contribution in [3.8, 4) is 5.75 Å². The van der Waals surface area contributed by atoms with E-state index in [9.17, 15) is 0 Å². The van der Waals surface area contributed by atoms with Crippen LogP contribution in [0, 0.1) is 0 Å². The maximum absolute atomic E-state index is 5.38. The smallest absolute Gasteiger partial charge is 0.237 e. The number of hydrogen-bond acceptors (Lipinski definition) is 5. The third-order valence-corrected chi connectivity index (χ3v) is 1.94. The number of methoxy groups -OCH3 is 1. The van der Waals surface area contributed by atoms with Gasteiger partial charge in [0, 0.05) is 5.56 Å². The van der Waals surface area contributed by atoms with Crippen LogP contribution in [0.5, 0.6) is 5.75 Å². The fourth-order valence-electron chi connectivity index (χ4n) is 1.21. The van der Waals surface area contributed by atoms with Crippen LogP contribution >= 0.6 is 0 Å². The third-order valence-electron chi connectivity index (χ3n) is 1.94. The molecule has 0 aliphatic carbocycles. The van der Waals surface area contributed by atoms with Gasteiger partial charge in [-0.3, -0.25) is 0 Å². The fourth-order valence-corrected chi connectivity index (χ4v) is 1.21. The van der Waals surface area contributed by atoms with Gasteiger partial charge in [0.15, 0.2) is 6.17 Å². The van der Waals surface area contributed by atoms with Gasteiger partial charge in [-0.25, -0.2) is 4.99 Å². The van der Waals surface area contributed by atoms with Crippen molar-refractivity contribution in [2.75, 3.05) is 7.11 Å². The van der Waals surface area contributed by atoms with Crippen molar-refractivity contribution in [2.24, 2.45) is 21.0 Å². The lowest BCUT2D eigenvalue weighted by Crippen LogP contribution is -2.04. The van der Waals surface area contributed by atoms with Gasteiger partial charge < -0.3 is 10.5 Å². The van der Waals surface area contributed by atoms with Crippen LogP contribution in [0.1, 0.15) is 11.7 Å². The van der Waals surface area contributed by atoms with E-state index in [0.29, 0.717) is 0 Å². The Morgan fingerprint density at radius 2 is 2.00 bits per heavy atom. The van der Waals surface area contributed by atoms with Crippen molar-refractivity contribution in [1.82, 2.24) is 0 Å². The highest BCUT2D eigenvalue weighted by molar-refractivity contribution is 5.79. The van der Waals surface area contributed by atoms with Crippen molar-refractivity contribution in [3.05, 3.63) is 29.8 Å². The molecule has 0 spiro atoms. The van der Waals surface area contributed by atoms with Crippen LogP contribution < -0.4 is 10.5 Å². The first-order chi connectivity index (χ1) is 6.79. The molecule has 5 heteroatoms. The summed E-state index contributed by atoms with van der Waals surface area (Å²) >= 11 is 0. The number of hydrogen-bond donors (Lipinski definition) is 1. The SMILES string of the molecule is COc1ccc(C2N=NC(N)=N2)cc1. The second kappa shape index (κ2) is 3.45. The third kappa shape index (κ3) is 1.56. The van der Waals surface area contributed by atoms with E-state index in [4.69, 9.17) is 10.5 Å². The van der Waals surface area contributed by atoms with E-state index in [1.807, 2.05) is 24.3 Å². The highest BCUT2D eigenvalue weighted by Crippen LogP contribution is 2.24. The van der Waals surface area contributed by atoms with Gasteiger partial charge in [-0.15, -0.1) is 5.11 Å². The Labute approximate surface area is 81.3 Å². The topological polar surface area (TPSA) is 72.3 Å². The molecule has 0 radical (unpaired) electrons. The van der Waals surface area contributed by atoms with Crippen molar-refractivity contribution in [2.45, 2.75) is 6.17 Å². The number of azo groups is 1. The zero-order chi connectivity index (χ0) is 9.97. The molecule has 1 aliphatic rings. The molecule has 14 heavy (non-hydrogen) atoms. The van der Waals surface area contributed by atoms with Gasteiger partial charge in [0.2, 0.25) is 5.96 Å². The van der Waals surface area contributed by atoms with E-state index in [2.05, 4.69) is 15.2 Å². The van der Waals surface area contributed by atoms with Gasteiger partial charge in [-0.2, -0.15) is 5.11 Å². The molecule has 1 aromatic rings. The largest absolute Gasteiger partial charge is 0.497 e. The maximum Gasteiger partial charge on any atom is 0.237 e. The summed E-state index contributed by atoms with van der Waals surface area (Å²) in [5, 5.41) is 7.56. The lowest BCUT2D eigenvalue weighted by Gasteiger charge is -2.03. The Hall–Kier alpha value is -1.91. The first-order valence-corrected chi connectivity index (χ1v) is 4.17. The number of aliphatic imine (C=N–C) groups is 1. The van der Waals surface area contributed by atoms with Crippen molar-refractivity contribution in [1.29, 1.82) is 0 Å². The van der Waals surface area contributed by atoms with Crippen molar-refractivity contribution >= 4 is 5.96 Å². The molecule has 1 unspecified atom stereocenters.